The summed E-state index contributed by atoms with van der Waals surface area (Å²) in [5.74, 6) is -0.537. The van der Waals surface area contributed by atoms with Crippen LogP contribution in [0, 0.1) is 5.92 Å². The molecule has 2 aromatic rings. The number of alkyl halides is 3. The minimum atomic E-state index is -4.48. The fourth-order valence-electron chi connectivity index (χ4n) is 3.17. The van der Waals surface area contributed by atoms with Gasteiger partial charge in [0.1, 0.15) is 6.54 Å². The van der Waals surface area contributed by atoms with Gasteiger partial charge in [0.25, 0.3) is 5.91 Å². The lowest BCUT2D eigenvalue weighted by molar-refractivity contribution is -0.137. The summed E-state index contributed by atoms with van der Waals surface area (Å²) < 4.78 is 40.3. The molecule has 0 atom stereocenters. The van der Waals surface area contributed by atoms with Crippen LogP contribution in [0.25, 0.3) is 0 Å². The van der Waals surface area contributed by atoms with Gasteiger partial charge in [-0.05, 0) is 42.3 Å². The summed E-state index contributed by atoms with van der Waals surface area (Å²) in [6, 6.07) is 7.80. The van der Waals surface area contributed by atoms with Crippen LogP contribution < -0.4 is 0 Å². The van der Waals surface area contributed by atoms with E-state index in [1.54, 1.807) is 4.90 Å². The van der Waals surface area contributed by atoms with Crippen molar-refractivity contribution < 1.29 is 22.8 Å². The first kappa shape index (κ1) is 24.2. The minimum absolute atomic E-state index is 0.0838. The third kappa shape index (κ3) is 6.73. The molecule has 0 fully saturated rings. The molecule has 2 amide bonds. The number of halogens is 3. The fourth-order valence-corrected chi connectivity index (χ4v) is 3.17. The molecule has 31 heavy (non-hydrogen) atoms. The second kappa shape index (κ2) is 10.3. The van der Waals surface area contributed by atoms with Crippen molar-refractivity contribution >= 4 is 11.8 Å². The molecule has 2 rings (SSSR count). The Morgan fingerprint density at radius 2 is 1.77 bits per heavy atom. The Labute approximate surface area is 180 Å². The summed E-state index contributed by atoms with van der Waals surface area (Å²) in [4.78, 5) is 28.9. The molecule has 1 aromatic heterocycles. The molecule has 0 radical (unpaired) electrons. The number of rotatable bonds is 9. The van der Waals surface area contributed by atoms with Gasteiger partial charge in [-0.3, -0.25) is 9.59 Å². The van der Waals surface area contributed by atoms with E-state index >= 15 is 0 Å². The van der Waals surface area contributed by atoms with Crippen LogP contribution in [0.15, 0.2) is 55.3 Å². The largest absolute Gasteiger partial charge is 0.416 e. The summed E-state index contributed by atoms with van der Waals surface area (Å²) in [5, 5.41) is 0. The van der Waals surface area contributed by atoms with Crippen LogP contribution in [0.5, 0.6) is 0 Å². The Kier molecular flexibility index (Phi) is 8.08. The maximum Gasteiger partial charge on any atom is 0.416 e. The summed E-state index contributed by atoms with van der Waals surface area (Å²) in [7, 11) is 1.89. The minimum Gasteiger partial charge on any atom is -0.353 e. The van der Waals surface area contributed by atoms with E-state index in [1.807, 2.05) is 43.8 Å². The normalized spacial score (nSPS) is 11.5. The van der Waals surface area contributed by atoms with Crippen LogP contribution in [0.1, 0.15) is 35.5 Å². The van der Waals surface area contributed by atoms with E-state index in [0.29, 0.717) is 13.1 Å². The quantitative estimate of drug-likeness (QED) is 0.550. The number of amides is 2. The number of nitrogens with zero attached hydrogens (tertiary/aromatic N) is 3. The highest BCUT2D eigenvalue weighted by Crippen LogP contribution is 2.29. The van der Waals surface area contributed by atoms with Crippen LogP contribution in [0.3, 0.4) is 0 Å². The number of hydrogen-bond donors (Lipinski definition) is 0. The van der Waals surface area contributed by atoms with Crippen molar-refractivity contribution in [3.05, 3.63) is 72.1 Å². The highest BCUT2D eigenvalue weighted by Gasteiger charge is 2.30. The molecule has 0 aliphatic carbocycles. The first-order valence-corrected chi connectivity index (χ1v) is 9.98. The molecule has 0 N–H and O–H groups in total. The molecule has 0 unspecified atom stereocenters. The molecule has 1 aromatic carbocycles. The van der Waals surface area contributed by atoms with Crippen molar-refractivity contribution in [2.75, 3.05) is 19.6 Å². The van der Waals surface area contributed by atoms with Crippen molar-refractivity contribution in [2.24, 2.45) is 13.0 Å². The molecule has 0 aliphatic heterocycles. The van der Waals surface area contributed by atoms with E-state index in [1.165, 1.54) is 11.0 Å². The zero-order chi connectivity index (χ0) is 23.2. The number of carbonyl (C=O) groups is 2. The van der Waals surface area contributed by atoms with Crippen molar-refractivity contribution in [1.82, 2.24) is 14.4 Å². The Balaban J connectivity index is 2.18. The lowest BCUT2D eigenvalue weighted by Crippen LogP contribution is -2.44. The van der Waals surface area contributed by atoms with Crippen molar-refractivity contribution in [3.8, 4) is 0 Å². The topological polar surface area (TPSA) is 45.6 Å². The molecule has 5 nitrogen and oxygen atoms in total. The van der Waals surface area contributed by atoms with Gasteiger partial charge < -0.3 is 14.4 Å². The van der Waals surface area contributed by atoms with Gasteiger partial charge in [-0.25, -0.2) is 0 Å². The number of aryl methyl sites for hydroxylation is 1. The summed E-state index contributed by atoms with van der Waals surface area (Å²) in [6.45, 7) is 8.45. The van der Waals surface area contributed by atoms with Crippen LogP contribution in [0.4, 0.5) is 13.2 Å². The predicted octanol–water partition coefficient (Wildman–Crippen LogP) is 4.36. The monoisotopic (exact) mass is 435 g/mol. The Bertz CT molecular complexity index is 902. The van der Waals surface area contributed by atoms with Crippen molar-refractivity contribution in [2.45, 2.75) is 26.6 Å². The lowest BCUT2D eigenvalue weighted by atomic mass is 10.1. The average molecular weight is 435 g/mol. The van der Waals surface area contributed by atoms with Crippen molar-refractivity contribution in [3.63, 3.8) is 0 Å². The van der Waals surface area contributed by atoms with E-state index < -0.39 is 17.6 Å². The number of hydrogen-bond acceptors (Lipinski definition) is 2. The van der Waals surface area contributed by atoms with Gasteiger partial charge in [-0.2, -0.15) is 13.2 Å². The van der Waals surface area contributed by atoms with Crippen LogP contribution in [-0.4, -0.2) is 45.8 Å². The third-order valence-corrected chi connectivity index (χ3v) is 4.76. The number of aromatic nitrogens is 1. The summed E-state index contributed by atoms with van der Waals surface area (Å²) in [5.41, 5.74) is 0.208. The summed E-state index contributed by atoms with van der Waals surface area (Å²) in [6.07, 6.45) is -1.10. The highest BCUT2D eigenvalue weighted by molar-refractivity contribution is 5.96. The average Bonchev–Trinajstić information content (AvgIpc) is 3.10. The lowest BCUT2D eigenvalue weighted by Gasteiger charge is -2.28. The van der Waals surface area contributed by atoms with Gasteiger partial charge in [0.2, 0.25) is 5.91 Å². The molecule has 0 saturated carbocycles. The van der Waals surface area contributed by atoms with Crippen LogP contribution >= 0.6 is 0 Å². The number of benzene rings is 1. The molecule has 168 valence electrons. The zero-order valence-corrected chi connectivity index (χ0v) is 18.0. The molecule has 0 bridgehead atoms. The fraction of sp³-hybridized carbons (Fsp3) is 0.391. The van der Waals surface area contributed by atoms with Gasteiger partial charge in [0.15, 0.2) is 0 Å². The van der Waals surface area contributed by atoms with Crippen LogP contribution in [-0.2, 0) is 24.6 Å². The van der Waals surface area contributed by atoms with E-state index in [0.717, 1.165) is 30.0 Å². The zero-order valence-electron chi connectivity index (χ0n) is 18.0. The Morgan fingerprint density at radius 3 is 2.26 bits per heavy atom. The molecule has 0 spiro atoms. The second-order valence-corrected chi connectivity index (χ2v) is 7.83. The second-order valence-electron chi connectivity index (χ2n) is 7.83. The maximum absolute atomic E-state index is 13.1. The standard InChI is InChI=1S/C23H28F3N3O2/c1-5-12-28(22(31)18-8-10-19(11-9-18)23(24,25)26)16-21(30)29(14-17(2)3)15-20-7-6-13-27(20)4/h5-11,13,17H,1,12,14-16H2,2-4H3. The predicted molar refractivity (Wildman–Crippen MR) is 113 cm³/mol. The van der Waals surface area contributed by atoms with Crippen LogP contribution in [0.2, 0.25) is 0 Å². The van der Waals surface area contributed by atoms with Gasteiger partial charge in [-0.15, -0.1) is 6.58 Å². The first-order chi connectivity index (χ1) is 14.5. The van der Waals surface area contributed by atoms with Gasteiger partial charge >= 0.3 is 6.18 Å². The van der Waals surface area contributed by atoms with E-state index in [-0.39, 0.29) is 30.5 Å². The Hall–Kier alpha value is -3.03. The maximum atomic E-state index is 13.1. The van der Waals surface area contributed by atoms with E-state index in [9.17, 15) is 22.8 Å². The third-order valence-electron chi connectivity index (χ3n) is 4.76. The van der Waals surface area contributed by atoms with Gasteiger partial charge in [-0.1, -0.05) is 19.9 Å². The van der Waals surface area contributed by atoms with Crippen molar-refractivity contribution in [1.29, 1.82) is 0 Å². The summed E-state index contributed by atoms with van der Waals surface area (Å²) >= 11 is 0. The van der Waals surface area contributed by atoms with Gasteiger partial charge in [0, 0.05) is 37.6 Å². The van der Waals surface area contributed by atoms with E-state index in [2.05, 4.69) is 6.58 Å². The highest BCUT2D eigenvalue weighted by atomic mass is 19.4. The molecular formula is C23H28F3N3O2. The van der Waals surface area contributed by atoms with Gasteiger partial charge in [0.05, 0.1) is 12.1 Å². The molecule has 8 heteroatoms. The SMILES string of the molecule is C=CCN(CC(=O)N(Cc1cccn1C)CC(C)C)C(=O)c1ccc(C(F)(F)F)cc1. The molecular weight excluding hydrogens is 407 g/mol. The van der Waals surface area contributed by atoms with E-state index in [4.69, 9.17) is 0 Å². The molecule has 1 heterocycles. The smallest absolute Gasteiger partial charge is 0.353 e. The Morgan fingerprint density at radius 1 is 1.13 bits per heavy atom. The molecule has 0 aliphatic rings. The number of carbonyl (C=O) groups excluding carboxylic acids is 2. The first-order valence-electron chi connectivity index (χ1n) is 9.98. The molecule has 0 saturated heterocycles.